The average molecular weight is 273 g/mol. The van der Waals surface area contributed by atoms with Crippen molar-refractivity contribution >= 4 is 11.6 Å². The number of nitrogens with zero attached hydrogens (tertiary/aromatic N) is 1. The number of para-hydroxylation sites is 1. The van der Waals surface area contributed by atoms with Gasteiger partial charge in [-0.1, -0.05) is 25.1 Å². The van der Waals surface area contributed by atoms with Gasteiger partial charge in [0.05, 0.1) is 0 Å². The predicted octanol–water partition coefficient (Wildman–Crippen LogP) is 1.62. The quantitative estimate of drug-likeness (QED) is 0.828. The summed E-state index contributed by atoms with van der Waals surface area (Å²) in [5, 5.41) is 6.36. The number of nitrogens with one attached hydrogen (secondary N) is 2. The number of hydrogen-bond donors (Lipinski definition) is 2. The molecule has 2 aliphatic rings. The maximum absolute atomic E-state index is 12.2. The molecule has 1 aliphatic carbocycles. The minimum absolute atomic E-state index is 0.108. The van der Waals surface area contributed by atoms with E-state index in [1.54, 1.807) is 0 Å². The summed E-state index contributed by atoms with van der Waals surface area (Å²) < 4.78 is 0. The van der Waals surface area contributed by atoms with Crippen molar-refractivity contribution in [2.24, 2.45) is 0 Å². The zero-order chi connectivity index (χ0) is 13.9. The van der Waals surface area contributed by atoms with Crippen molar-refractivity contribution in [2.75, 3.05) is 25.0 Å². The SMILES string of the molecule is CCN(CCNC(=O)C1Cc2ccccc2N1)C1CC1. The van der Waals surface area contributed by atoms with E-state index < -0.39 is 0 Å². The molecule has 0 bridgehead atoms. The highest BCUT2D eigenvalue weighted by atomic mass is 16.2. The Kier molecular flexibility index (Phi) is 3.92. The number of amides is 1. The number of rotatable bonds is 6. The second-order valence-corrected chi connectivity index (χ2v) is 5.71. The third-order valence-corrected chi connectivity index (χ3v) is 4.26. The van der Waals surface area contributed by atoms with Gasteiger partial charge in [0.2, 0.25) is 5.91 Å². The minimum atomic E-state index is -0.108. The number of carbonyl (C=O) groups excluding carboxylic acids is 1. The molecule has 1 aromatic carbocycles. The number of benzene rings is 1. The Bertz CT molecular complexity index is 459. The molecular formula is C16H23N3O. The zero-order valence-electron chi connectivity index (χ0n) is 12.1. The molecule has 1 heterocycles. The van der Waals surface area contributed by atoms with Crippen LogP contribution in [0.25, 0.3) is 0 Å². The van der Waals surface area contributed by atoms with Crippen molar-refractivity contribution in [3.8, 4) is 0 Å². The highest BCUT2D eigenvalue weighted by Crippen LogP contribution is 2.26. The van der Waals surface area contributed by atoms with Gasteiger partial charge in [-0.25, -0.2) is 0 Å². The standard InChI is InChI=1S/C16H23N3O/c1-2-19(13-7-8-13)10-9-17-16(20)15-11-12-5-3-4-6-14(12)18-15/h3-6,13,15,18H,2,7-11H2,1H3,(H,17,20). The largest absolute Gasteiger partial charge is 0.373 e. The third-order valence-electron chi connectivity index (χ3n) is 4.26. The molecule has 0 radical (unpaired) electrons. The first-order chi connectivity index (χ1) is 9.78. The summed E-state index contributed by atoms with van der Waals surface area (Å²) >= 11 is 0. The first-order valence-corrected chi connectivity index (χ1v) is 7.64. The molecule has 108 valence electrons. The van der Waals surface area contributed by atoms with E-state index in [4.69, 9.17) is 0 Å². The first kappa shape index (κ1) is 13.4. The molecule has 4 heteroatoms. The van der Waals surface area contributed by atoms with Gasteiger partial charge in [-0.2, -0.15) is 0 Å². The number of likely N-dealkylation sites (N-methyl/N-ethyl adjacent to an activating group) is 1. The fraction of sp³-hybridized carbons (Fsp3) is 0.562. The molecule has 1 unspecified atom stereocenters. The number of fused-ring (bicyclic) bond motifs is 1. The van der Waals surface area contributed by atoms with E-state index in [0.29, 0.717) is 0 Å². The molecule has 1 amide bonds. The van der Waals surface area contributed by atoms with Crippen LogP contribution < -0.4 is 10.6 Å². The van der Waals surface area contributed by atoms with Crippen LogP contribution in [0.15, 0.2) is 24.3 Å². The lowest BCUT2D eigenvalue weighted by molar-refractivity contribution is -0.121. The Morgan fingerprint density at radius 2 is 2.20 bits per heavy atom. The van der Waals surface area contributed by atoms with Crippen LogP contribution in [-0.2, 0) is 11.2 Å². The number of carbonyl (C=O) groups is 1. The number of anilines is 1. The van der Waals surface area contributed by atoms with Crippen LogP contribution >= 0.6 is 0 Å². The third kappa shape index (κ3) is 2.96. The van der Waals surface area contributed by atoms with Crippen LogP contribution in [0.4, 0.5) is 5.69 Å². The van der Waals surface area contributed by atoms with Crippen LogP contribution in [0.2, 0.25) is 0 Å². The van der Waals surface area contributed by atoms with Crippen molar-refractivity contribution in [1.29, 1.82) is 0 Å². The molecule has 3 rings (SSSR count). The fourth-order valence-electron chi connectivity index (χ4n) is 2.94. The highest BCUT2D eigenvalue weighted by molar-refractivity contribution is 5.87. The van der Waals surface area contributed by atoms with Crippen molar-refractivity contribution in [2.45, 2.75) is 38.3 Å². The fourth-order valence-corrected chi connectivity index (χ4v) is 2.94. The van der Waals surface area contributed by atoms with Crippen molar-refractivity contribution < 1.29 is 4.79 Å². The van der Waals surface area contributed by atoms with E-state index in [0.717, 1.165) is 37.8 Å². The topological polar surface area (TPSA) is 44.4 Å². The Balaban J connectivity index is 1.44. The van der Waals surface area contributed by atoms with E-state index in [-0.39, 0.29) is 11.9 Å². The molecule has 0 spiro atoms. The van der Waals surface area contributed by atoms with Gasteiger partial charge in [-0.15, -0.1) is 0 Å². The van der Waals surface area contributed by atoms with Gasteiger partial charge in [0.1, 0.15) is 6.04 Å². The molecule has 1 aliphatic heterocycles. The van der Waals surface area contributed by atoms with Crippen LogP contribution in [0.5, 0.6) is 0 Å². The molecule has 0 saturated heterocycles. The van der Waals surface area contributed by atoms with Crippen molar-refractivity contribution in [3.05, 3.63) is 29.8 Å². The highest BCUT2D eigenvalue weighted by Gasteiger charge is 2.28. The first-order valence-electron chi connectivity index (χ1n) is 7.64. The second kappa shape index (κ2) is 5.83. The lowest BCUT2D eigenvalue weighted by atomic mass is 10.1. The van der Waals surface area contributed by atoms with E-state index in [2.05, 4.69) is 28.5 Å². The summed E-state index contributed by atoms with van der Waals surface area (Å²) in [6.07, 6.45) is 3.44. The van der Waals surface area contributed by atoms with Gasteiger partial charge in [0.15, 0.2) is 0 Å². The maximum Gasteiger partial charge on any atom is 0.242 e. The summed E-state index contributed by atoms with van der Waals surface area (Å²) in [4.78, 5) is 14.6. The van der Waals surface area contributed by atoms with E-state index >= 15 is 0 Å². The molecular weight excluding hydrogens is 250 g/mol. The molecule has 2 N–H and O–H groups in total. The van der Waals surface area contributed by atoms with Gasteiger partial charge >= 0.3 is 0 Å². The van der Waals surface area contributed by atoms with Crippen LogP contribution in [0.1, 0.15) is 25.3 Å². The molecule has 4 nitrogen and oxygen atoms in total. The molecule has 1 atom stereocenters. The average Bonchev–Trinajstić information content (AvgIpc) is 3.21. The van der Waals surface area contributed by atoms with Crippen LogP contribution in [0.3, 0.4) is 0 Å². The Labute approximate surface area is 120 Å². The summed E-state index contributed by atoms with van der Waals surface area (Å²) in [7, 11) is 0. The van der Waals surface area contributed by atoms with Gasteiger partial charge in [0.25, 0.3) is 0 Å². The molecule has 1 aromatic rings. The minimum Gasteiger partial charge on any atom is -0.373 e. The maximum atomic E-state index is 12.2. The Morgan fingerprint density at radius 3 is 2.90 bits per heavy atom. The van der Waals surface area contributed by atoms with Gasteiger partial charge in [0, 0.05) is 31.2 Å². The van der Waals surface area contributed by atoms with E-state index in [9.17, 15) is 4.79 Å². The lowest BCUT2D eigenvalue weighted by Gasteiger charge is -2.20. The second-order valence-electron chi connectivity index (χ2n) is 5.71. The number of hydrogen-bond acceptors (Lipinski definition) is 3. The van der Waals surface area contributed by atoms with Gasteiger partial charge in [-0.05, 0) is 31.0 Å². The molecule has 20 heavy (non-hydrogen) atoms. The molecule has 1 fully saturated rings. The smallest absolute Gasteiger partial charge is 0.242 e. The van der Waals surface area contributed by atoms with Crippen LogP contribution in [-0.4, -0.2) is 42.5 Å². The summed E-state index contributed by atoms with van der Waals surface area (Å²) in [6, 6.07) is 8.81. The van der Waals surface area contributed by atoms with Gasteiger partial charge in [-0.3, -0.25) is 9.69 Å². The normalized spacial score (nSPS) is 20.6. The van der Waals surface area contributed by atoms with Gasteiger partial charge < -0.3 is 10.6 Å². The Hall–Kier alpha value is -1.55. The summed E-state index contributed by atoms with van der Waals surface area (Å²) in [5.74, 6) is 0.119. The van der Waals surface area contributed by atoms with Crippen molar-refractivity contribution in [1.82, 2.24) is 10.2 Å². The summed E-state index contributed by atoms with van der Waals surface area (Å²) in [5.41, 5.74) is 2.33. The van der Waals surface area contributed by atoms with E-state index in [1.807, 2.05) is 18.2 Å². The lowest BCUT2D eigenvalue weighted by Crippen LogP contribution is -2.42. The molecule has 0 aromatic heterocycles. The summed E-state index contributed by atoms with van der Waals surface area (Å²) in [6.45, 7) is 4.98. The molecule has 1 saturated carbocycles. The Morgan fingerprint density at radius 1 is 1.40 bits per heavy atom. The van der Waals surface area contributed by atoms with Crippen LogP contribution in [0, 0.1) is 0 Å². The van der Waals surface area contributed by atoms with E-state index in [1.165, 1.54) is 18.4 Å². The zero-order valence-corrected chi connectivity index (χ0v) is 12.1. The van der Waals surface area contributed by atoms with Crippen molar-refractivity contribution in [3.63, 3.8) is 0 Å². The monoisotopic (exact) mass is 273 g/mol. The predicted molar refractivity (Wildman–Crippen MR) is 80.8 cm³/mol.